The van der Waals surface area contributed by atoms with Crippen LogP contribution in [0.4, 0.5) is 5.69 Å². The van der Waals surface area contributed by atoms with Crippen LogP contribution >= 0.6 is 0 Å². The van der Waals surface area contributed by atoms with Crippen molar-refractivity contribution in [1.82, 2.24) is 14.9 Å². The third kappa shape index (κ3) is 4.37. The van der Waals surface area contributed by atoms with Gasteiger partial charge < -0.3 is 10.2 Å². The van der Waals surface area contributed by atoms with Crippen molar-refractivity contribution in [1.29, 1.82) is 0 Å². The van der Waals surface area contributed by atoms with E-state index in [1.54, 1.807) is 24.5 Å². The topological polar surface area (TPSA) is 74.8 Å². The van der Waals surface area contributed by atoms with Gasteiger partial charge in [0.15, 0.2) is 0 Å². The van der Waals surface area contributed by atoms with Gasteiger partial charge in [-0.25, -0.2) is 0 Å². The molecule has 2 aliphatic rings. The predicted molar refractivity (Wildman–Crippen MR) is 105 cm³/mol. The van der Waals surface area contributed by atoms with Crippen LogP contribution in [-0.2, 0) is 22.6 Å². The molecule has 0 unspecified atom stereocenters. The van der Waals surface area contributed by atoms with Crippen molar-refractivity contribution in [3.05, 3.63) is 59.4 Å². The first-order chi connectivity index (χ1) is 13.7. The molecule has 0 bridgehead atoms. The van der Waals surface area contributed by atoms with Crippen LogP contribution in [0.2, 0.25) is 0 Å². The van der Waals surface area contributed by atoms with Gasteiger partial charge in [-0.1, -0.05) is 6.07 Å². The fourth-order valence-electron chi connectivity index (χ4n) is 3.61. The summed E-state index contributed by atoms with van der Waals surface area (Å²) in [5, 5.41) is 4.80. The number of nitrogens with one attached hydrogen (secondary N) is 1. The highest BCUT2D eigenvalue weighted by Crippen LogP contribution is 2.23. The number of carbonyl (C=O) groups excluding carboxylic acids is 2. The molecule has 0 spiro atoms. The van der Waals surface area contributed by atoms with E-state index in [1.807, 2.05) is 28.2 Å². The summed E-state index contributed by atoms with van der Waals surface area (Å²) in [5.41, 5.74) is 3.62. The van der Waals surface area contributed by atoms with Gasteiger partial charge >= 0.3 is 0 Å². The molecule has 2 amide bonds. The largest absolute Gasteiger partial charge is 0.338 e. The van der Waals surface area contributed by atoms with E-state index < -0.39 is 0 Å². The van der Waals surface area contributed by atoms with Crippen LogP contribution in [0.5, 0.6) is 0 Å². The lowest BCUT2D eigenvalue weighted by Gasteiger charge is -2.30. The lowest BCUT2D eigenvalue weighted by molar-refractivity contribution is -0.139. The van der Waals surface area contributed by atoms with E-state index in [2.05, 4.69) is 10.3 Å². The van der Waals surface area contributed by atoms with E-state index >= 15 is 0 Å². The zero-order chi connectivity index (χ0) is 19.3. The Hall–Kier alpha value is -2.77. The highest BCUT2D eigenvalue weighted by atomic mass is 16.7. The maximum Gasteiger partial charge on any atom is 0.255 e. The zero-order valence-corrected chi connectivity index (χ0v) is 15.8. The molecule has 2 aliphatic heterocycles. The number of hydrogen-bond donors (Lipinski definition) is 1. The molecule has 4 rings (SSSR count). The number of hydroxylamine groups is 2. The molecule has 146 valence electrons. The van der Waals surface area contributed by atoms with Gasteiger partial charge in [-0.15, -0.1) is 0 Å². The van der Waals surface area contributed by atoms with Crippen LogP contribution in [0.15, 0.2) is 42.7 Å². The minimum atomic E-state index is -0.170. The standard InChI is InChI=1S/C21H24N4O3/c26-20(7-12-25-10-1-13-28-25)24-11-6-16-2-3-19(14-18(16)15-24)23-21(27)17-4-8-22-9-5-17/h2-5,8-9,14H,1,6-7,10-13,15H2,(H,23,27). The molecule has 1 fully saturated rings. The van der Waals surface area contributed by atoms with E-state index in [0.29, 0.717) is 25.1 Å². The summed E-state index contributed by atoms with van der Waals surface area (Å²) in [6.07, 6.45) is 5.52. The van der Waals surface area contributed by atoms with Crippen molar-refractivity contribution in [3.63, 3.8) is 0 Å². The Labute approximate surface area is 164 Å². The van der Waals surface area contributed by atoms with Crippen LogP contribution in [0.25, 0.3) is 0 Å². The molecular formula is C21H24N4O3. The van der Waals surface area contributed by atoms with Crippen molar-refractivity contribution in [2.45, 2.75) is 25.8 Å². The number of nitrogens with zero attached hydrogens (tertiary/aromatic N) is 3. The molecule has 7 nitrogen and oxygen atoms in total. The van der Waals surface area contributed by atoms with E-state index in [-0.39, 0.29) is 11.8 Å². The van der Waals surface area contributed by atoms with Gasteiger partial charge in [0.25, 0.3) is 5.91 Å². The van der Waals surface area contributed by atoms with Gasteiger partial charge in [-0.3, -0.25) is 19.4 Å². The molecule has 28 heavy (non-hydrogen) atoms. The van der Waals surface area contributed by atoms with Crippen LogP contribution in [0.1, 0.15) is 34.3 Å². The van der Waals surface area contributed by atoms with E-state index in [1.165, 1.54) is 5.56 Å². The molecule has 3 heterocycles. The molecule has 0 atom stereocenters. The number of amides is 2. The highest BCUT2D eigenvalue weighted by molar-refractivity contribution is 6.04. The van der Waals surface area contributed by atoms with Crippen LogP contribution in [0, 0.1) is 0 Å². The molecule has 0 saturated carbocycles. The summed E-state index contributed by atoms with van der Waals surface area (Å²) < 4.78 is 0. The monoisotopic (exact) mass is 380 g/mol. The van der Waals surface area contributed by atoms with Crippen molar-refractivity contribution in [3.8, 4) is 0 Å². The Kier molecular flexibility index (Phi) is 5.64. The van der Waals surface area contributed by atoms with Gasteiger partial charge in [-0.05, 0) is 48.2 Å². The quantitative estimate of drug-likeness (QED) is 0.861. The Morgan fingerprint density at radius 3 is 2.75 bits per heavy atom. The predicted octanol–water partition coefficient (Wildman–Crippen LogP) is 2.25. The molecule has 7 heteroatoms. The third-order valence-corrected chi connectivity index (χ3v) is 5.17. The van der Waals surface area contributed by atoms with Gasteiger partial charge in [0.1, 0.15) is 0 Å². The van der Waals surface area contributed by atoms with Crippen LogP contribution in [-0.4, -0.2) is 53.0 Å². The number of fused-ring (bicyclic) bond motifs is 1. The normalized spacial score (nSPS) is 16.6. The number of pyridine rings is 1. The average molecular weight is 380 g/mol. The summed E-state index contributed by atoms with van der Waals surface area (Å²) in [4.78, 5) is 36.2. The molecule has 0 radical (unpaired) electrons. The second-order valence-corrected chi connectivity index (χ2v) is 7.10. The Morgan fingerprint density at radius 2 is 1.96 bits per heavy atom. The van der Waals surface area contributed by atoms with Gasteiger partial charge in [0.2, 0.25) is 5.91 Å². The SMILES string of the molecule is O=C(Nc1ccc2c(c1)CN(C(=O)CCN1CCCO1)CC2)c1ccncc1. The van der Waals surface area contributed by atoms with Gasteiger partial charge in [0.05, 0.1) is 6.61 Å². The highest BCUT2D eigenvalue weighted by Gasteiger charge is 2.22. The number of hydrogen-bond acceptors (Lipinski definition) is 5. The number of aromatic nitrogens is 1. The zero-order valence-electron chi connectivity index (χ0n) is 15.8. The van der Waals surface area contributed by atoms with Gasteiger partial charge in [0, 0.05) is 56.2 Å². The number of benzene rings is 1. The third-order valence-electron chi connectivity index (χ3n) is 5.17. The Balaban J connectivity index is 1.38. The minimum Gasteiger partial charge on any atom is -0.338 e. The fraction of sp³-hybridized carbons (Fsp3) is 0.381. The first kappa shape index (κ1) is 18.6. The number of rotatable bonds is 5. The summed E-state index contributed by atoms with van der Waals surface area (Å²) in [7, 11) is 0. The molecule has 0 aliphatic carbocycles. The smallest absolute Gasteiger partial charge is 0.255 e. The van der Waals surface area contributed by atoms with Gasteiger partial charge in [-0.2, -0.15) is 5.06 Å². The maximum absolute atomic E-state index is 12.6. The second kappa shape index (κ2) is 8.50. The van der Waals surface area contributed by atoms with E-state index in [9.17, 15) is 9.59 Å². The van der Waals surface area contributed by atoms with Crippen LogP contribution in [0.3, 0.4) is 0 Å². The first-order valence-corrected chi connectivity index (χ1v) is 9.68. The Morgan fingerprint density at radius 1 is 1.11 bits per heavy atom. The van der Waals surface area contributed by atoms with Crippen LogP contribution < -0.4 is 5.32 Å². The Bertz CT molecular complexity index is 850. The van der Waals surface area contributed by atoms with E-state index in [4.69, 9.17) is 4.84 Å². The molecular weight excluding hydrogens is 356 g/mol. The average Bonchev–Trinajstić information content (AvgIpc) is 3.26. The molecule has 1 aromatic carbocycles. The fourth-order valence-corrected chi connectivity index (χ4v) is 3.61. The summed E-state index contributed by atoms with van der Waals surface area (Å²) >= 11 is 0. The summed E-state index contributed by atoms with van der Waals surface area (Å²) in [6.45, 7) is 3.60. The van der Waals surface area contributed by atoms with Crippen molar-refractivity contribution in [2.75, 3.05) is 31.6 Å². The number of anilines is 1. The maximum atomic E-state index is 12.6. The summed E-state index contributed by atoms with van der Waals surface area (Å²) in [6, 6.07) is 9.28. The lowest BCUT2D eigenvalue weighted by Crippen LogP contribution is -2.37. The molecule has 1 aromatic heterocycles. The van der Waals surface area contributed by atoms with Crippen molar-refractivity contribution in [2.24, 2.45) is 0 Å². The van der Waals surface area contributed by atoms with Crippen molar-refractivity contribution >= 4 is 17.5 Å². The van der Waals surface area contributed by atoms with Crippen molar-refractivity contribution < 1.29 is 14.4 Å². The second-order valence-electron chi connectivity index (χ2n) is 7.10. The molecule has 2 aromatic rings. The van der Waals surface area contributed by atoms with E-state index in [0.717, 1.165) is 43.8 Å². The summed E-state index contributed by atoms with van der Waals surface area (Å²) in [5.74, 6) is -0.0240. The molecule has 1 N–H and O–H groups in total. The molecule has 1 saturated heterocycles. The minimum absolute atomic E-state index is 0.146. The number of carbonyl (C=O) groups is 2. The first-order valence-electron chi connectivity index (χ1n) is 9.68. The lowest BCUT2D eigenvalue weighted by atomic mass is 9.98.